The maximum absolute atomic E-state index is 11.9. The van der Waals surface area contributed by atoms with Crippen LogP contribution in [0.3, 0.4) is 0 Å². The van der Waals surface area contributed by atoms with Gasteiger partial charge in [0.05, 0.1) is 12.2 Å². The minimum Gasteiger partial charge on any atom is -0.322 e. The van der Waals surface area contributed by atoms with Crippen LogP contribution in [0.1, 0.15) is 44.9 Å². The molecule has 2 N–H and O–H groups in total. The lowest BCUT2D eigenvalue weighted by atomic mass is 9.97. The van der Waals surface area contributed by atoms with Gasteiger partial charge in [0.15, 0.2) is 5.15 Å². The molecule has 1 heterocycles. The first-order valence-electron chi connectivity index (χ1n) is 7.39. The van der Waals surface area contributed by atoms with E-state index in [1.807, 2.05) is 0 Å². The van der Waals surface area contributed by atoms with Crippen molar-refractivity contribution in [3.63, 3.8) is 0 Å². The van der Waals surface area contributed by atoms with Crippen molar-refractivity contribution in [1.82, 2.24) is 10.3 Å². The summed E-state index contributed by atoms with van der Waals surface area (Å²) in [6.07, 6.45) is 10.4. The maximum Gasteiger partial charge on any atom is 0.238 e. The van der Waals surface area contributed by atoms with Crippen LogP contribution in [0.5, 0.6) is 0 Å². The van der Waals surface area contributed by atoms with Crippen LogP contribution in [0.25, 0.3) is 0 Å². The summed E-state index contributed by atoms with van der Waals surface area (Å²) >= 11 is 5.91. The molecule has 110 valence electrons. The fourth-order valence-corrected chi connectivity index (χ4v) is 2.74. The number of pyridine rings is 1. The Morgan fingerprint density at radius 2 is 1.95 bits per heavy atom. The summed E-state index contributed by atoms with van der Waals surface area (Å²) in [6.45, 7) is 0.329. The second kappa shape index (κ2) is 8.22. The second-order valence-corrected chi connectivity index (χ2v) is 5.67. The van der Waals surface area contributed by atoms with Crippen molar-refractivity contribution in [2.45, 2.75) is 51.0 Å². The fraction of sp³-hybridized carbons (Fsp3) is 0.600. The summed E-state index contributed by atoms with van der Waals surface area (Å²) in [5, 5.41) is 6.46. The van der Waals surface area contributed by atoms with E-state index < -0.39 is 0 Å². The Morgan fingerprint density at radius 3 is 2.65 bits per heavy atom. The third kappa shape index (κ3) is 5.10. The third-order valence-electron chi connectivity index (χ3n) is 3.69. The summed E-state index contributed by atoms with van der Waals surface area (Å²) in [5.41, 5.74) is 0.568. The molecule has 1 aliphatic rings. The predicted molar refractivity (Wildman–Crippen MR) is 82.0 cm³/mol. The Bertz CT molecular complexity index is 431. The Labute approximate surface area is 125 Å². The molecule has 4 nitrogen and oxygen atoms in total. The van der Waals surface area contributed by atoms with Gasteiger partial charge in [0.1, 0.15) is 0 Å². The molecule has 1 amide bonds. The standard InChI is InChI=1S/C15H22ClN3O/c16-15-13(9-6-10-17-15)19-14(20)11-18-12-7-4-2-1-3-5-8-12/h6,9-10,12,18H,1-5,7-8,11H2,(H,19,20). The van der Waals surface area contributed by atoms with Gasteiger partial charge in [-0.25, -0.2) is 4.98 Å². The Morgan fingerprint density at radius 1 is 1.25 bits per heavy atom. The molecule has 0 aliphatic heterocycles. The highest BCUT2D eigenvalue weighted by atomic mass is 35.5. The quantitative estimate of drug-likeness (QED) is 0.837. The van der Waals surface area contributed by atoms with Crippen LogP contribution >= 0.6 is 11.6 Å². The van der Waals surface area contributed by atoms with E-state index in [2.05, 4.69) is 15.6 Å². The van der Waals surface area contributed by atoms with Crippen LogP contribution in [0.4, 0.5) is 5.69 Å². The maximum atomic E-state index is 11.9. The van der Waals surface area contributed by atoms with Gasteiger partial charge >= 0.3 is 0 Å². The SMILES string of the molecule is O=C(CNC1CCCCCCC1)Nc1cccnc1Cl. The topological polar surface area (TPSA) is 54.0 Å². The lowest BCUT2D eigenvalue weighted by molar-refractivity contribution is -0.115. The van der Waals surface area contributed by atoms with Crippen LogP contribution < -0.4 is 10.6 Å². The number of hydrogen-bond donors (Lipinski definition) is 2. The Balaban J connectivity index is 1.75. The average Bonchev–Trinajstić information content (AvgIpc) is 2.40. The molecule has 1 fully saturated rings. The normalized spacial score (nSPS) is 17.2. The number of nitrogens with one attached hydrogen (secondary N) is 2. The molecule has 0 radical (unpaired) electrons. The van der Waals surface area contributed by atoms with E-state index >= 15 is 0 Å². The molecule has 0 bridgehead atoms. The molecule has 1 aliphatic carbocycles. The van der Waals surface area contributed by atoms with Gasteiger partial charge in [0.25, 0.3) is 0 Å². The Hall–Kier alpha value is -1.13. The smallest absolute Gasteiger partial charge is 0.238 e. The third-order valence-corrected chi connectivity index (χ3v) is 3.99. The molecule has 0 atom stereocenters. The van der Waals surface area contributed by atoms with Crippen LogP contribution in [-0.2, 0) is 4.79 Å². The number of carbonyl (C=O) groups excluding carboxylic acids is 1. The van der Waals surface area contributed by atoms with Crippen LogP contribution in [-0.4, -0.2) is 23.5 Å². The van der Waals surface area contributed by atoms with Gasteiger partial charge < -0.3 is 10.6 Å². The number of anilines is 1. The minimum absolute atomic E-state index is 0.0676. The van der Waals surface area contributed by atoms with Gasteiger partial charge in [-0.1, -0.05) is 43.7 Å². The van der Waals surface area contributed by atoms with E-state index in [1.165, 1.54) is 44.9 Å². The minimum atomic E-state index is -0.0676. The zero-order valence-corrected chi connectivity index (χ0v) is 12.5. The molecule has 20 heavy (non-hydrogen) atoms. The first-order valence-corrected chi connectivity index (χ1v) is 7.77. The van der Waals surface area contributed by atoms with E-state index in [0.29, 0.717) is 23.4 Å². The summed E-state index contributed by atoms with van der Waals surface area (Å²) in [6, 6.07) is 3.97. The summed E-state index contributed by atoms with van der Waals surface area (Å²) in [5.74, 6) is -0.0676. The number of hydrogen-bond acceptors (Lipinski definition) is 3. The molecule has 0 unspecified atom stereocenters. The molecule has 2 rings (SSSR count). The molecule has 0 aromatic carbocycles. The van der Waals surface area contributed by atoms with Gasteiger partial charge in [0, 0.05) is 12.2 Å². The van der Waals surface area contributed by atoms with Crippen LogP contribution in [0.2, 0.25) is 5.15 Å². The number of rotatable bonds is 4. The number of halogens is 1. The first kappa shape index (κ1) is 15.3. The average molecular weight is 296 g/mol. The summed E-state index contributed by atoms with van der Waals surface area (Å²) in [4.78, 5) is 15.8. The van der Waals surface area contributed by atoms with E-state index in [4.69, 9.17) is 11.6 Å². The van der Waals surface area contributed by atoms with Crippen LogP contribution in [0, 0.1) is 0 Å². The molecular formula is C15H22ClN3O. The second-order valence-electron chi connectivity index (χ2n) is 5.31. The van der Waals surface area contributed by atoms with Gasteiger partial charge in [-0.3, -0.25) is 4.79 Å². The monoisotopic (exact) mass is 295 g/mol. The Kier molecular flexibility index (Phi) is 6.27. The molecule has 1 aromatic heterocycles. The van der Waals surface area contributed by atoms with Crippen molar-refractivity contribution < 1.29 is 4.79 Å². The largest absolute Gasteiger partial charge is 0.322 e. The van der Waals surface area contributed by atoms with Crippen molar-refractivity contribution in [1.29, 1.82) is 0 Å². The number of amides is 1. The highest BCUT2D eigenvalue weighted by Gasteiger charge is 2.13. The highest BCUT2D eigenvalue weighted by molar-refractivity contribution is 6.32. The van der Waals surface area contributed by atoms with Gasteiger partial charge in [0.2, 0.25) is 5.91 Å². The zero-order valence-electron chi connectivity index (χ0n) is 11.7. The van der Waals surface area contributed by atoms with Crippen molar-refractivity contribution in [3.8, 4) is 0 Å². The molecule has 1 saturated carbocycles. The highest BCUT2D eigenvalue weighted by Crippen LogP contribution is 2.18. The molecular weight excluding hydrogens is 274 g/mol. The molecule has 5 heteroatoms. The van der Waals surface area contributed by atoms with E-state index in [0.717, 1.165) is 0 Å². The zero-order chi connectivity index (χ0) is 14.2. The fourth-order valence-electron chi connectivity index (χ4n) is 2.57. The van der Waals surface area contributed by atoms with Gasteiger partial charge in [-0.2, -0.15) is 0 Å². The van der Waals surface area contributed by atoms with E-state index in [9.17, 15) is 4.79 Å². The number of carbonyl (C=O) groups is 1. The van der Waals surface area contributed by atoms with Gasteiger partial charge in [-0.05, 0) is 25.0 Å². The lowest BCUT2D eigenvalue weighted by Gasteiger charge is -2.20. The van der Waals surface area contributed by atoms with Gasteiger partial charge in [-0.15, -0.1) is 0 Å². The molecule has 1 aromatic rings. The first-order chi connectivity index (χ1) is 9.75. The predicted octanol–water partition coefficient (Wildman–Crippen LogP) is 3.38. The molecule has 0 spiro atoms. The van der Waals surface area contributed by atoms with E-state index in [1.54, 1.807) is 18.3 Å². The molecule has 0 saturated heterocycles. The van der Waals surface area contributed by atoms with Crippen LogP contribution in [0.15, 0.2) is 18.3 Å². The summed E-state index contributed by atoms with van der Waals surface area (Å²) in [7, 11) is 0. The van der Waals surface area contributed by atoms with Crippen molar-refractivity contribution in [2.75, 3.05) is 11.9 Å². The van der Waals surface area contributed by atoms with Crippen molar-refractivity contribution in [2.24, 2.45) is 0 Å². The van der Waals surface area contributed by atoms with Crippen molar-refractivity contribution >= 4 is 23.2 Å². The summed E-state index contributed by atoms with van der Waals surface area (Å²) < 4.78 is 0. The van der Waals surface area contributed by atoms with Crippen molar-refractivity contribution in [3.05, 3.63) is 23.5 Å². The number of aromatic nitrogens is 1. The lowest BCUT2D eigenvalue weighted by Crippen LogP contribution is -2.36. The number of nitrogens with zero attached hydrogens (tertiary/aromatic N) is 1. The van der Waals surface area contributed by atoms with E-state index in [-0.39, 0.29) is 5.91 Å².